The molecule has 0 spiro atoms. The molecular weight excluding hydrogens is 611 g/mol. The third-order valence-electron chi connectivity index (χ3n) is 9.63. The Kier molecular flexibility index (Phi) is 6.56. The summed E-state index contributed by atoms with van der Waals surface area (Å²) in [6, 6.07) is 55.5. The second-order valence-corrected chi connectivity index (χ2v) is 12.3. The lowest BCUT2D eigenvalue weighted by atomic mass is 9.94. The van der Waals surface area contributed by atoms with Crippen LogP contribution in [0, 0.1) is 29.2 Å². The molecule has 9 rings (SSSR count). The number of benzene rings is 7. The van der Waals surface area contributed by atoms with Gasteiger partial charge in [-0.2, -0.15) is 10.5 Å². The first-order chi connectivity index (χ1) is 24.7. The summed E-state index contributed by atoms with van der Waals surface area (Å²) in [5.41, 5.74) is 11.5. The van der Waals surface area contributed by atoms with E-state index in [9.17, 15) is 10.5 Å². The predicted octanol–water partition coefficient (Wildman–Crippen LogP) is 11.5. The summed E-state index contributed by atoms with van der Waals surface area (Å²) in [5, 5.41) is 24.3. The number of nitrogens with zero attached hydrogens (tertiary/aromatic N) is 5. The van der Waals surface area contributed by atoms with Crippen molar-refractivity contribution in [3.8, 4) is 45.8 Å². The maximum Gasteiger partial charge on any atom is 0.211 e. The molecule has 0 aliphatic heterocycles. The Bertz CT molecular complexity index is 2960. The van der Waals surface area contributed by atoms with Crippen molar-refractivity contribution >= 4 is 49.3 Å². The van der Waals surface area contributed by atoms with Gasteiger partial charge in [0.15, 0.2) is 0 Å². The summed E-state index contributed by atoms with van der Waals surface area (Å²) < 4.78 is 4.40. The van der Waals surface area contributed by atoms with Gasteiger partial charge in [-0.05, 0) is 76.7 Å². The van der Waals surface area contributed by atoms with Gasteiger partial charge < -0.3 is 9.13 Å². The summed E-state index contributed by atoms with van der Waals surface area (Å²) in [7, 11) is 0. The van der Waals surface area contributed by atoms with Gasteiger partial charge in [0.05, 0.1) is 57.6 Å². The van der Waals surface area contributed by atoms with Crippen molar-refractivity contribution in [2.24, 2.45) is 0 Å². The molecule has 0 bridgehead atoms. The molecule has 5 heteroatoms. The molecule has 2 heterocycles. The van der Waals surface area contributed by atoms with Gasteiger partial charge in [-0.15, -0.1) is 0 Å². The molecule has 0 N–H and O–H groups in total. The van der Waals surface area contributed by atoms with E-state index in [0.29, 0.717) is 16.8 Å². The molecule has 0 radical (unpaired) electrons. The molecule has 0 amide bonds. The Hall–Kier alpha value is -7.39. The van der Waals surface area contributed by atoms with Crippen LogP contribution in [0.4, 0.5) is 5.69 Å². The molecule has 7 aromatic carbocycles. The topological polar surface area (TPSA) is 61.8 Å². The maximum absolute atomic E-state index is 10.4. The summed E-state index contributed by atoms with van der Waals surface area (Å²) in [6.07, 6.45) is 0. The lowest BCUT2D eigenvalue weighted by Gasteiger charge is -2.15. The average Bonchev–Trinajstić information content (AvgIpc) is 3.70. The minimum absolute atomic E-state index is 0.582. The number of hydrogen-bond donors (Lipinski definition) is 0. The van der Waals surface area contributed by atoms with Crippen molar-refractivity contribution in [1.29, 1.82) is 10.5 Å². The molecule has 0 unspecified atom stereocenters. The SMILES string of the molecule is [C-]#[N+]c1cccc2c3ccccc3n(-c3ccc(-c4ccc(-c5ccccc5-n5c6ccccc6c6cc(C#N)ccc65)cc4C#N)cc3)c12. The second kappa shape index (κ2) is 11.4. The molecule has 9 aromatic rings. The van der Waals surface area contributed by atoms with E-state index in [4.69, 9.17) is 6.57 Å². The number of nitriles is 2. The number of aromatic nitrogens is 2. The third kappa shape index (κ3) is 4.31. The minimum atomic E-state index is 0.582. The van der Waals surface area contributed by atoms with Gasteiger partial charge in [0.2, 0.25) is 5.69 Å². The minimum Gasteiger partial charge on any atom is -0.319 e. The first-order valence-electron chi connectivity index (χ1n) is 16.3. The van der Waals surface area contributed by atoms with E-state index in [1.54, 1.807) is 0 Å². The third-order valence-corrected chi connectivity index (χ3v) is 9.63. The Morgan fingerprint density at radius 1 is 0.500 bits per heavy atom. The van der Waals surface area contributed by atoms with E-state index < -0.39 is 0 Å². The van der Waals surface area contributed by atoms with Gasteiger partial charge in [0.25, 0.3) is 0 Å². The molecule has 0 atom stereocenters. The van der Waals surface area contributed by atoms with Gasteiger partial charge >= 0.3 is 0 Å². The van der Waals surface area contributed by atoms with Crippen LogP contribution >= 0.6 is 0 Å². The fourth-order valence-electron chi connectivity index (χ4n) is 7.42. The smallest absolute Gasteiger partial charge is 0.211 e. The van der Waals surface area contributed by atoms with E-state index in [-0.39, 0.29) is 0 Å². The van der Waals surface area contributed by atoms with Crippen LogP contribution in [0.5, 0.6) is 0 Å². The molecule has 230 valence electrons. The van der Waals surface area contributed by atoms with Crippen molar-refractivity contribution in [3.05, 3.63) is 174 Å². The van der Waals surface area contributed by atoms with E-state index in [1.165, 1.54) is 0 Å². The largest absolute Gasteiger partial charge is 0.319 e. The van der Waals surface area contributed by atoms with Crippen LogP contribution in [-0.2, 0) is 0 Å². The lowest BCUT2D eigenvalue weighted by molar-refractivity contribution is 1.18. The molecule has 5 nitrogen and oxygen atoms in total. The highest BCUT2D eigenvalue weighted by molar-refractivity contribution is 6.13. The van der Waals surface area contributed by atoms with Gasteiger partial charge in [-0.1, -0.05) is 97.1 Å². The van der Waals surface area contributed by atoms with Crippen molar-refractivity contribution in [2.45, 2.75) is 0 Å². The van der Waals surface area contributed by atoms with Crippen LogP contribution in [0.1, 0.15) is 11.1 Å². The summed E-state index contributed by atoms with van der Waals surface area (Å²) >= 11 is 0. The molecule has 0 saturated carbocycles. The average molecular weight is 636 g/mol. The van der Waals surface area contributed by atoms with Gasteiger partial charge in [0.1, 0.15) is 0 Å². The van der Waals surface area contributed by atoms with E-state index in [1.807, 2.05) is 91.0 Å². The fraction of sp³-hybridized carbons (Fsp3) is 0. The summed E-state index contributed by atoms with van der Waals surface area (Å²) in [4.78, 5) is 3.84. The summed E-state index contributed by atoms with van der Waals surface area (Å²) in [5.74, 6) is 0. The Labute approximate surface area is 288 Å². The Morgan fingerprint density at radius 2 is 1.16 bits per heavy atom. The normalized spacial score (nSPS) is 11.1. The molecule has 2 aromatic heterocycles. The molecule has 50 heavy (non-hydrogen) atoms. The van der Waals surface area contributed by atoms with Crippen molar-refractivity contribution in [2.75, 3.05) is 0 Å². The van der Waals surface area contributed by atoms with Crippen LogP contribution in [0.15, 0.2) is 152 Å². The monoisotopic (exact) mass is 635 g/mol. The van der Waals surface area contributed by atoms with Gasteiger partial charge in [0, 0.05) is 27.4 Å². The van der Waals surface area contributed by atoms with E-state index in [2.05, 4.69) is 86.8 Å². The highest BCUT2D eigenvalue weighted by atomic mass is 15.0. The first-order valence-corrected chi connectivity index (χ1v) is 16.3. The molecule has 0 fully saturated rings. The van der Waals surface area contributed by atoms with Crippen LogP contribution in [-0.4, -0.2) is 9.13 Å². The van der Waals surface area contributed by atoms with Crippen LogP contribution in [0.25, 0.3) is 82.1 Å². The van der Waals surface area contributed by atoms with Crippen molar-refractivity contribution in [1.82, 2.24) is 9.13 Å². The number of para-hydroxylation sites is 4. The zero-order valence-corrected chi connectivity index (χ0v) is 26.7. The molecule has 0 saturated heterocycles. The predicted molar refractivity (Wildman–Crippen MR) is 202 cm³/mol. The Morgan fingerprint density at radius 3 is 1.92 bits per heavy atom. The number of rotatable bonds is 4. The molecule has 0 aliphatic rings. The van der Waals surface area contributed by atoms with E-state index in [0.717, 1.165) is 77.2 Å². The maximum atomic E-state index is 10.4. The Balaban J connectivity index is 1.15. The quantitative estimate of drug-likeness (QED) is 0.181. The highest BCUT2D eigenvalue weighted by Crippen LogP contribution is 2.40. The molecule has 0 aliphatic carbocycles. The van der Waals surface area contributed by atoms with E-state index >= 15 is 0 Å². The lowest BCUT2D eigenvalue weighted by Crippen LogP contribution is -1.98. The van der Waals surface area contributed by atoms with Crippen molar-refractivity contribution < 1.29 is 0 Å². The zero-order valence-electron chi connectivity index (χ0n) is 26.7. The van der Waals surface area contributed by atoms with Gasteiger partial charge in [-0.25, -0.2) is 4.85 Å². The number of fused-ring (bicyclic) bond motifs is 6. The highest BCUT2D eigenvalue weighted by Gasteiger charge is 2.18. The fourth-order valence-corrected chi connectivity index (χ4v) is 7.42. The van der Waals surface area contributed by atoms with Gasteiger partial charge in [-0.3, -0.25) is 0 Å². The van der Waals surface area contributed by atoms with Crippen LogP contribution < -0.4 is 0 Å². The first kappa shape index (κ1) is 28.8. The number of hydrogen-bond acceptors (Lipinski definition) is 2. The summed E-state index contributed by atoms with van der Waals surface area (Å²) in [6.45, 7) is 7.84. The van der Waals surface area contributed by atoms with Crippen LogP contribution in [0.2, 0.25) is 0 Å². The second-order valence-electron chi connectivity index (χ2n) is 12.3. The van der Waals surface area contributed by atoms with Crippen molar-refractivity contribution in [3.63, 3.8) is 0 Å². The van der Waals surface area contributed by atoms with Crippen LogP contribution in [0.3, 0.4) is 0 Å². The molecular formula is C45H25N5. The standard InChI is InChI=1S/C45H25N5/c1-48-40-13-8-12-38-36-10-3-6-15-42(36)49(45(38)40)33-21-18-30(19-22-33)34-23-20-31(26-32(34)28-47)35-9-2-5-14-41(35)50-43-16-7-4-11-37(43)39-25-29(27-46)17-24-44(39)50/h2-26H. The zero-order chi connectivity index (χ0) is 33.8.